The molecule has 0 amide bonds. The van der Waals surface area contributed by atoms with Crippen molar-refractivity contribution in [3.63, 3.8) is 0 Å². The van der Waals surface area contributed by atoms with Crippen LogP contribution in [0.5, 0.6) is 0 Å². The second kappa shape index (κ2) is 6.47. The molecule has 3 atom stereocenters. The third kappa shape index (κ3) is 3.07. The molecule has 0 radical (unpaired) electrons. The summed E-state index contributed by atoms with van der Waals surface area (Å²) in [5, 5.41) is 8.25. The van der Waals surface area contributed by atoms with Crippen LogP contribution in [0.3, 0.4) is 0 Å². The number of anilines is 1. The maximum absolute atomic E-state index is 14.5. The number of imidazole rings is 1. The molecule has 2 N–H and O–H groups in total. The van der Waals surface area contributed by atoms with Gasteiger partial charge in [-0.2, -0.15) is 0 Å². The zero-order valence-electron chi connectivity index (χ0n) is 16.0. The van der Waals surface area contributed by atoms with E-state index in [1.807, 2.05) is 25.4 Å². The number of pyridine rings is 2. The normalized spacial score (nSPS) is 23.9. The van der Waals surface area contributed by atoms with Crippen molar-refractivity contribution >= 4 is 32.3 Å². The smallest absolute Gasteiger partial charge is 0.184 e. The van der Waals surface area contributed by atoms with Gasteiger partial charge in [0.1, 0.15) is 5.52 Å². The molecule has 6 nitrogen and oxygen atoms in total. The number of aryl methyl sites for hydroxylation is 1. The molecule has 6 heterocycles. The van der Waals surface area contributed by atoms with Gasteiger partial charge < -0.3 is 15.0 Å². The van der Waals surface area contributed by atoms with Crippen LogP contribution in [-0.4, -0.2) is 37.5 Å². The summed E-state index contributed by atoms with van der Waals surface area (Å²) in [6, 6.07) is 5.26. The van der Waals surface area contributed by atoms with Gasteiger partial charge in [0.15, 0.2) is 16.6 Å². The van der Waals surface area contributed by atoms with Crippen LogP contribution >= 0.6 is 11.3 Å². The summed E-state index contributed by atoms with van der Waals surface area (Å²) in [4.78, 5) is 13.5. The first-order chi connectivity index (χ1) is 14.1. The molecular formula is C21H21FN6S. The van der Waals surface area contributed by atoms with E-state index in [0.717, 1.165) is 45.1 Å². The minimum Gasteiger partial charge on any atom is -0.359 e. The lowest BCUT2D eigenvalue weighted by Gasteiger charge is -2.29. The van der Waals surface area contributed by atoms with E-state index in [2.05, 4.69) is 20.6 Å². The number of hydrogen-bond acceptors (Lipinski definition) is 6. The maximum atomic E-state index is 14.5. The van der Waals surface area contributed by atoms with Crippen molar-refractivity contribution in [3.05, 3.63) is 42.2 Å². The van der Waals surface area contributed by atoms with Crippen molar-refractivity contribution < 1.29 is 4.39 Å². The molecular weight excluding hydrogens is 387 g/mol. The molecule has 0 spiro atoms. The number of fused-ring (bicyclic) bond motifs is 4. The van der Waals surface area contributed by atoms with E-state index in [-0.39, 0.29) is 5.82 Å². The van der Waals surface area contributed by atoms with Crippen LogP contribution in [0.25, 0.3) is 27.1 Å². The molecule has 2 saturated heterocycles. The van der Waals surface area contributed by atoms with Crippen LogP contribution in [0.1, 0.15) is 31.4 Å². The fourth-order valence-corrected chi connectivity index (χ4v) is 5.67. The summed E-state index contributed by atoms with van der Waals surface area (Å²) in [5.74, 6) is -0.343. The molecule has 29 heavy (non-hydrogen) atoms. The summed E-state index contributed by atoms with van der Waals surface area (Å²) in [6.07, 6.45) is 10.3. The van der Waals surface area contributed by atoms with Gasteiger partial charge in [0.25, 0.3) is 0 Å². The minimum absolute atomic E-state index is 0.340. The van der Waals surface area contributed by atoms with E-state index in [1.165, 1.54) is 18.9 Å². The highest BCUT2D eigenvalue weighted by Crippen LogP contribution is 2.33. The topological polar surface area (TPSA) is 67.1 Å². The van der Waals surface area contributed by atoms with E-state index in [4.69, 9.17) is 4.98 Å². The third-order valence-electron chi connectivity index (χ3n) is 6.00. The van der Waals surface area contributed by atoms with Gasteiger partial charge in [-0.05, 0) is 44.7 Å². The SMILES string of the molecule is Cc1cn2cc(-c3cc4sc(NC5C[C@H]6CC[C@@H](C5)N6)nc4cn3)cc(F)c2n1. The number of aromatic nitrogens is 4. The fraction of sp³-hybridized carbons (Fsp3) is 0.381. The highest BCUT2D eigenvalue weighted by Gasteiger charge is 2.33. The highest BCUT2D eigenvalue weighted by atomic mass is 32.1. The van der Waals surface area contributed by atoms with Gasteiger partial charge in [0.05, 0.1) is 22.3 Å². The van der Waals surface area contributed by atoms with E-state index in [0.29, 0.717) is 23.8 Å². The molecule has 1 unspecified atom stereocenters. The molecule has 2 bridgehead atoms. The third-order valence-corrected chi connectivity index (χ3v) is 6.95. The Morgan fingerprint density at radius 3 is 2.83 bits per heavy atom. The molecule has 6 rings (SSSR count). The Hall–Kier alpha value is -2.58. The van der Waals surface area contributed by atoms with Crippen LogP contribution in [0, 0.1) is 12.7 Å². The second-order valence-electron chi connectivity index (χ2n) is 8.20. The molecule has 2 fully saturated rings. The number of nitrogens with one attached hydrogen (secondary N) is 2. The average molecular weight is 409 g/mol. The molecule has 0 aliphatic carbocycles. The molecule has 148 valence electrons. The summed E-state index contributed by atoms with van der Waals surface area (Å²) in [5.41, 5.74) is 3.46. The number of piperidine rings is 1. The molecule has 2 aliphatic heterocycles. The van der Waals surface area contributed by atoms with Gasteiger partial charge in [-0.25, -0.2) is 14.4 Å². The summed E-state index contributed by atoms with van der Waals surface area (Å²) >= 11 is 1.64. The zero-order chi connectivity index (χ0) is 19.5. The fourth-order valence-electron chi connectivity index (χ4n) is 4.72. The van der Waals surface area contributed by atoms with E-state index in [9.17, 15) is 4.39 Å². The lowest BCUT2D eigenvalue weighted by Crippen LogP contribution is -2.43. The molecule has 0 saturated carbocycles. The molecule has 4 aromatic heterocycles. The molecule has 0 aromatic carbocycles. The predicted octanol–water partition coefficient (Wildman–Crippen LogP) is 4.15. The molecule has 4 aromatic rings. The van der Waals surface area contributed by atoms with Crippen molar-refractivity contribution in [3.8, 4) is 11.3 Å². The minimum atomic E-state index is -0.343. The van der Waals surface area contributed by atoms with E-state index in [1.54, 1.807) is 21.9 Å². The van der Waals surface area contributed by atoms with Crippen LogP contribution in [0.4, 0.5) is 9.52 Å². The summed E-state index contributed by atoms with van der Waals surface area (Å²) in [6.45, 7) is 1.86. The first-order valence-electron chi connectivity index (χ1n) is 10.0. The van der Waals surface area contributed by atoms with E-state index >= 15 is 0 Å². The number of hydrogen-bond donors (Lipinski definition) is 2. The summed E-state index contributed by atoms with van der Waals surface area (Å²) in [7, 11) is 0. The van der Waals surface area contributed by atoms with Gasteiger partial charge >= 0.3 is 0 Å². The van der Waals surface area contributed by atoms with Gasteiger partial charge in [-0.1, -0.05) is 11.3 Å². The predicted molar refractivity (Wildman–Crippen MR) is 113 cm³/mol. The Morgan fingerprint density at radius 2 is 2.00 bits per heavy atom. The Bertz CT molecular complexity index is 1220. The number of thiazole rings is 1. The van der Waals surface area contributed by atoms with Crippen molar-refractivity contribution in [1.82, 2.24) is 24.7 Å². The van der Waals surface area contributed by atoms with Crippen LogP contribution in [-0.2, 0) is 0 Å². The Morgan fingerprint density at radius 1 is 1.17 bits per heavy atom. The zero-order valence-corrected chi connectivity index (χ0v) is 16.8. The monoisotopic (exact) mass is 408 g/mol. The van der Waals surface area contributed by atoms with Crippen LogP contribution in [0.2, 0.25) is 0 Å². The Labute approximate surface area is 171 Å². The molecule has 2 aliphatic rings. The van der Waals surface area contributed by atoms with Gasteiger partial charge in [-0.15, -0.1) is 0 Å². The molecule has 8 heteroatoms. The van der Waals surface area contributed by atoms with Crippen molar-refractivity contribution in [1.29, 1.82) is 0 Å². The van der Waals surface area contributed by atoms with E-state index < -0.39 is 0 Å². The Balaban J connectivity index is 1.31. The van der Waals surface area contributed by atoms with Crippen molar-refractivity contribution in [2.24, 2.45) is 0 Å². The van der Waals surface area contributed by atoms with Crippen molar-refractivity contribution in [2.45, 2.75) is 50.7 Å². The lowest BCUT2D eigenvalue weighted by atomic mass is 10.0. The maximum Gasteiger partial charge on any atom is 0.184 e. The number of nitrogens with zero attached hydrogens (tertiary/aromatic N) is 4. The van der Waals surface area contributed by atoms with Gasteiger partial charge in [-0.3, -0.25) is 4.98 Å². The standard InChI is InChI=1S/C21H21FN6S/c1-11-9-28-10-12(4-16(22)20(28)24-11)17-7-19-18(8-23-17)27-21(29-19)26-15-5-13-2-3-14(6-15)25-13/h4,7-10,13-15,25H,2-3,5-6H2,1H3,(H,26,27)/t13-,14+,15?. The highest BCUT2D eigenvalue weighted by molar-refractivity contribution is 7.22. The average Bonchev–Trinajstić information content (AvgIpc) is 3.36. The largest absolute Gasteiger partial charge is 0.359 e. The van der Waals surface area contributed by atoms with Crippen molar-refractivity contribution in [2.75, 3.05) is 5.32 Å². The first kappa shape index (κ1) is 17.3. The van der Waals surface area contributed by atoms with Gasteiger partial charge in [0, 0.05) is 36.1 Å². The number of rotatable bonds is 3. The lowest BCUT2D eigenvalue weighted by molar-refractivity contribution is 0.378. The number of halogens is 1. The Kier molecular flexibility index (Phi) is 3.86. The quantitative estimate of drug-likeness (QED) is 0.533. The van der Waals surface area contributed by atoms with Gasteiger partial charge in [0.2, 0.25) is 0 Å². The second-order valence-corrected chi connectivity index (χ2v) is 9.23. The first-order valence-corrected chi connectivity index (χ1v) is 10.9. The summed E-state index contributed by atoms with van der Waals surface area (Å²) < 4.78 is 17.2. The van der Waals surface area contributed by atoms with Crippen LogP contribution in [0.15, 0.2) is 30.7 Å². The van der Waals surface area contributed by atoms with Crippen LogP contribution < -0.4 is 10.6 Å².